The smallest absolute Gasteiger partial charge is 0.319 e. The number of methoxy groups -OCH3 is 1. The lowest BCUT2D eigenvalue weighted by Gasteiger charge is -2.50. The number of rotatable bonds is 2. The topological polar surface area (TPSA) is 42.0 Å². The molecule has 0 unspecified atom stereocenters. The van der Waals surface area contributed by atoms with Crippen molar-refractivity contribution < 1.29 is 14.3 Å². The average Bonchev–Trinajstić information content (AvgIpc) is 2.37. The van der Waals surface area contributed by atoms with Crippen LogP contribution in [-0.2, 0) is 9.47 Å². The Labute approximate surface area is 109 Å². The molecule has 2 saturated heterocycles. The van der Waals surface area contributed by atoms with E-state index in [4.69, 9.17) is 9.47 Å². The van der Waals surface area contributed by atoms with Crippen LogP contribution >= 0.6 is 0 Å². The van der Waals surface area contributed by atoms with E-state index in [0.29, 0.717) is 6.61 Å². The van der Waals surface area contributed by atoms with E-state index < -0.39 is 0 Å². The molecule has 18 heavy (non-hydrogen) atoms. The Kier molecular flexibility index (Phi) is 4.12. The molecule has 0 saturated carbocycles. The highest BCUT2D eigenvalue weighted by Gasteiger charge is 2.47. The van der Waals surface area contributed by atoms with Gasteiger partial charge in [-0.3, -0.25) is 0 Å². The standard InChI is InChI=1S/C13H24N2O3/c1-14(2)12(16)15-7-5-11-13(9-15,10-17-3)6-4-8-18-11/h11H,4-10H2,1-3H3/t11-,13+/m1/s1. The molecule has 2 fully saturated rings. The van der Waals surface area contributed by atoms with Gasteiger partial charge in [0.05, 0.1) is 12.7 Å². The Morgan fingerprint density at radius 3 is 3.00 bits per heavy atom. The zero-order valence-electron chi connectivity index (χ0n) is 11.6. The predicted octanol–water partition coefficient (Wildman–Crippen LogP) is 1.19. The van der Waals surface area contributed by atoms with Gasteiger partial charge in [-0.2, -0.15) is 0 Å². The van der Waals surface area contributed by atoms with Crippen molar-refractivity contribution in [3.63, 3.8) is 0 Å². The van der Waals surface area contributed by atoms with Crippen LogP contribution in [0.2, 0.25) is 0 Å². The maximum absolute atomic E-state index is 12.1. The monoisotopic (exact) mass is 256 g/mol. The van der Waals surface area contributed by atoms with E-state index in [1.807, 2.05) is 4.90 Å². The minimum atomic E-state index is -0.00306. The second kappa shape index (κ2) is 5.45. The Bertz CT molecular complexity index is 305. The van der Waals surface area contributed by atoms with Crippen LogP contribution in [-0.4, -0.2) is 69.4 Å². The molecule has 2 heterocycles. The van der Waals surface area contributed by atoms with Gasteiger partial charge < -0.3 is 19.3 Å². The summed E-state index contributed by atoms with van der Waals surface area (Å²) >= 11 is 0. The van der Waals surface area contributed by atoms with Crippen LogP contribution in [0.3, 0.4) is 0 Å². The molecule has 0 bridgehead atoms. The fraction of sp³-hybridized carbons (Fsp3) is 0.923. The molecule has 5 nitrogen and oxygen atoms in total. The quantitative estimate of drug-likeness (QED) is 0.745. The molecule has 0 N–H and O–H groups in total. The molecule has 0 aromatic heterocycles. The number of likely N-dealkylation sites (tertiary alicyclic amines) is 1. The minimum absolute atomic E-state index is 0.00306. The first kappa shape index (κ1) is 13.6. The number of piperidine rings is 1. The van der Waals surface area contributed by atoms with Gasteiger partial charge in [-0.05, 0) is 19.3 Å². The maximum Gasteiger partial charge on any atom is 0.319 e. The van der Waals surface area contributed by atoms with Gasteiger partial charge in [-0.1, -0.05) is 0 Å². The lowest BCUT2D eigenvalue weighted by atomic mass is 9.73. The van der Waals surface area contributed by atoms with Gasteiger partial charge >= 0.3 is 6.03 Å². The van der Waals surface area contributed by atoms with Crippen molar-refractivity contribution in [3.05, 3.63) is 0 Å². The third-order valence-corrected chi connectivity index (χ3v) is 4.07. The highest BCUT2D eigenvalue weighted by atomic mass is 16.5. The second-order valence-electron chi connectivity index (χ2n) is 5.65. The molecule has 0 aromatic carbocycles. The summed E-state index contributed by atoms with van der Waals surface area (Å²) in [4.78, 5) is 15.7. The fourth-order valence-corrected chi connectivity index (χ4v) is 3.23. The average molecular weight is 256 g/mol. The highest BCUT2D eigenvalue weighted by Crippen LogP contribution is 2.40. The van der Waals surface area contributed by atoms with Crippen molar-refractivity contribution in [2.45, 2.75) is 25.4 Å². The Morgan fingerprint density at radius 1 is 1.56 bits per heavy atom. The van der Waals surface area contributed by atoms with E-state index >= 15 is 0 Å². The number of hydrogen-bond donors (Lipinski definition) is 0. The zero-order chi connectivity index (χ0) is 13.2. The molecule has 0 spiro atoms. The third-order valence-electron chi connectivity index (χ3n) is 4.07. The Balaban J connectivity index is 2.11. The minimum Gasteiger partial charge on any atom is -0.384 e. The van der Waals surface area contributed by atoms with E-state index in [-0.39, 0.29) is 17.6 Å². The summed E-state index contributed by atoms with van der Waals surface area (Å²) in [5.41, 5.74) is -0.00306. The molecule has 2 amide bonds. The molecule has 2 aliphatic heterocycles. The van der Waals surface area contributed by atoms with Crippen LogP contribution in [0.5, 0.6) is 0 Å². The molecule has 0 radical (unpaired) electrons. The third kappa shape index (κ3) is 2.47. The number of hydrogen-bond acceptors (Lipinski definition) is 3. The molecule has 2 aliphatic rings. The second-order valence-corrected chi connectivity index (χ2v) is 5.65. The van der Waals surface area contributed by atoms with Crippen molar-refractivity contribution in [3.8, 4) is 0 Å². The number of ether oxygens (including phenoxy) is 2. The number of nitrogens with zero attached hydrogens (tertiary/aromatic N) is 2. The Hall–Kier alpha value is -0.810. The lowest BCUT2D eigenvalue weighted by molar-refractivity contribution is -0.142. The molecular weight excluding hydrogens is 232 g/mol. The van der Waals surface area contributed by atoms with Crippen LogP contribution in [0, 0.1) is 5.41 Å². The van der Waals surface area contributed by atoms with Crippen molar-refractivity contribution in [1.82, 2.24) is 9.80 Å². The summed E-state index contributed by atoms with van der Waals surface area (Å²) < 4.78 is 11.3. The molecule has 2 rings (SSSR count). The SMILES string of the molecule is COC[C@@]12CCCO[C@@H]1CCN(C(=O)N(C)C)C2. The molecule has 0 aliphatic carbocycles. The number of amides is 2. The first-order valence-corrected chi connectivity index (χ1v) is 6.66. The van der Waals surface area contributed by atoms with Gasteiger partial charge in [0.2, 0.25) is 0 Å². The summed E-state index contributed by atoms with van der Waals surface area (Å²) in [6.07, 6.45) is 3.31. The molecule has 104 valence electrons. The first-order chi connectivity index (χ1) is 8.59. The van der Waals surface area contributed by atoms with Crippen LogP contribution < -0.4 is 0 Å². The largest absolute Gasteiger partial charge is 0.384 e. The Morgan fingerprint density at radius 2 is 2.33 bits per heavy atom. The van der Waals surface area contributed by atoms with Crippen molar-refractivity contribution in [1.29, 1.82) is 0 Å². The van der Waals surface area contributed by atoms with Crippen LogP contribution in [0.15, 0.2) is 0 Å². The highest BCUT2D eigenvalue weighted by molar-refractivity contribution is 5.74. The van der Waals surface area contributed by atoms with Gasteiger partial charge in [0, 0.05) is 46.3 Å². The van der Waals surface area contributed by atoms with Crippen molar-refractivity contribution >= 4 is 6.03 Å². The van der Waals surface area contributed by atoms with Crippen molar-refractivity contribution in [2.75, 3.05) is 47.5 Å². The summed E-state index contributed by atoms with van der Waals surface area (Å²) in [5.74, 6) is 0. The van der Waals surface area contributed by atoms with Crippen LogP contribution in [0.25, 0.3) is 0 Å². The van der Waals surface area contributed by atoms with Gasteiger partial charge in [0.25, 0.3) is 0 Å². The summed E-state index contributed by atoms with van der Waals surface area (Å²) in [7, 11) is 5.33. The molecule has 0 aromatic rings. The zero-order valence-corrected chi connectivity index (χ0v) is 11.6. The number of carbonyl (C=O) groups excluding carboxylic acids is 1. The maximum atomic E-state index is 12.1. The predicted molar refractivity (Wildman–Crippen MR) is 68.6 cm³/mol. The van der Waals surface area contributed by atoms with E-state index in [2.05, 4.69) is 0 Å². The van der Waals surface area contributed by atoms with Crippen LogP contribution in [0.4, 0.5) is 4.79 Å². The van der Waals surface area contributed by atoms with Crippen LogP contribution in [0.1, 0.15) is 19.3 Å². The lowest BCUT2D eigenvalue weighted by Crippen LogP contribution is -2.59. The van der Waals surface area contributed by atoms with Gasteiger partial charge in [-0.15, -0.1) is 0 Å². The van der Waals surface area contributed by atoms with Gasteiger partial charge in [0.15, 0.2) is 0 Å². The molecule has 2 atom stereocenters. The fourth-order valence-electron chi connectivity index (χ4n) is 3.23. The number of carbonyl (C=O) groups is 1. The molecule has 5 heteroatoms. The van der Waals surface area contributed by atoms with Gasteiger partial charge in [0.1, 0.15) is 0 Å². The first-order valence-electron chi connectivity index (χ1n) is 6.66. The number of urea groups is 1. The normalized spacial score (nSPS) is 31.9. The van der Waals surface area contributed by atoms with E-state index in [1.54, 1.807) is 26.1 Å². The van der Waals surface area contributed by atoms with Gasteiger partial charge in [-0.25, -0.2) is 4.79 Å². The summed E-state index contributed by atoms with van der Waals surface area (Å²) in [6.45, 7) is 3.06. The summed E-state index contributed by atoms with van der Waals surface area (Å²) in [6, 6.07) is 0.0921. The van der Waals surface area contributed by atoms with E-state index in [1.165, 1.54) is 0 Å². The van der Waals surface area contributed by atoms with E-state index in [0.717, 1.165) is 39.0 Å². The van der Waals surface area contributed by atoms with Crippen molar-refractivity contribution in [2.24, 2.45) is 5.41 Å². The van der Waals surface area contributed by atoms with E-state index in [9.17, 15) is 4.79 Å². The summed E-state index contributed by atoms with van der Waals surface area (Å²) in [5, 5.41) is 0. The molecular formula is C13H24N2O3. The number of fused-ring (bicyclic) bond motifs is 1.